The van der Waals surface area contributed by atoms with Crippen LogP contribution in [0.2, 0.25) is 0 Å². The fraction of sp³-hybridized carbons (Fsp3) is 1.00. The van der Waals surface area contributed by atoms with Crippen molar-refractivity contribution < 1.29 is 22.0 Å². The lowest BCUT2D eigenvalue weighted by Gasteiger charge is -2.09. The maximum atomic E-state index is 12.2. The summed E-state index contributed by atoms with van der Waals surface area (Å²) in [4.78, 5) is 0. The molecule has 0 unspecified atom stereocenters. The van der Waals surface area contributed by atoms with Gasteiger partial charge in [0.1, 0.15) is 0 Å². The highest BCUT2D eigenvalue weighted by Gasteiger charge is 2.25. The Labute approximate surface area is 105 Å². The minimum Gasteiger partial charge on any atom is -0.272 e. The van der Waals surface area contributed by atoms with E-state index in [4.69, 9.17) is 0 Å². The van der Waals surface area contributed by atoms with Gasteiger partial charge in [-0.25, -0.2) is 0 Å². The molecular formula is C12H22F5N. The van der Waals surface area contributed by atoms with Crippen LogP contribution >= 0.6 is 0 Å². The lowest BCUT2D eigenvalue weighted by atomic mass is 10.1. The molecule has 0 amide bonds. The van der Waals surface area contributed by atoms with Crippen molar-refractivity contribution in [3.05, 3.63) is 0 Å². The first kappa shape index (κ1) is 17.6. The molecule has 0 radical (unpaired) electrons. The van der Waals surface area contributed by atoms with Crippen molar-refractivity contribution in [2.24, 2.45) is 5.73 Å². The fourth-order valence-corrected chi connectivity index (χ4v) is 1.75. The molecule has 0 aromatic rings. The monoisotopic (exact) mass is 275 g/mol. The first-order valence-electron chi connectivity index (χ1n) is 6.44. The van der Waals surface area contributed by atoms with Crippen LogP contribution in [-0.4, -0.2) is 12.2 Å². The van der Waals surface area contributed by atoms with Gasteiger partial charge in [-0.1, -0.05) is 38.5 Å². The molecule has 0 saturated heterocycles. The summed E-state index contributed by atoms with van der Waals surface area (Å²) >= 11 is 0. The summed E-state index contributed by atoms with van der Waals surface area (Å²) in [7, 11) is 0. The molecule has 0 aromatic heterocycles. The van der Waals surface area contributed by atoms with Crippen molar-refractivity contribution in [3.8, 4) is 0 Å². The van der Waals surface area contributed by atoms with Gasteiger partial charge in [-0.3, -0.25) is 5.73 Å². The zero-order valence-corrected chi connectivity index (χ0v) is 10.5. The molecule has 2 N–H and O–H groups in total. The van der Waals surface area contributed by atoms with Crippen LogP contribution in [0.5, 0.6) is 0 Å². The van der Waals surface area contributed by atoms with Crippen LogP contribution in [0.3, 0.4) is 0 Å². The second-order valence-corrected chi connectivity index (χ2v) is 4.70. The number of hydrogen-bond acceptors (Lipinski definition) is 1. The van der Waals surface area contributed by atoms with E-state index in [9.17, 15) is 22.0 Å². The van der Waals surface area contributed by atoms with E-state index in [2.05, 4.69) is 5.73 Å². The highest BCUT2D eigenvalue weighted by molar-refractivity contribution is 4.56. The third kappa shape index (κ3) is 15.6. The standard InChI is InChI=1S/C12H22F5N/c13-11(14,15)9-7-5-3-1-2-4-6-8-10-12(16,17)18/h1-10,18H2. The Balaban J connectivity index is 3.13. The average Bonchev–Trinajstić information content (AvgIpc) is 2.17. The summed E-state index contributed by atoms with van der Waals surface area (Å²) in [5.41, 5.74) is 4.54. The van der Waals surface area contributed by atoms with Crippen molar-refractivity contribution in [1.82, 2.24) is 0 Å². The molecule has 0 aliphatic carbocycles. The van der Waals surface area contributed by atoms with Crippen LogP contribution in [-0.2, 0) is 0 Å². The van der Waals surface area contributed by atoms with Gasteiger partial charge in [-0.2, -0.15) is 22.0 Å². The Morgan fingerprint density at radius 2 is 0.889 bits per heavy atom. The summed E-state index contributed by atoms with van der Waals surface area (Å²) in [5, 5.41) is 0. The number of halogens is 5. The predicted octanol–water partition coefficient (Wildman–Crippen LogP) is 5.00. The Hall–Kier alpha value is -0.390. The van der Waals surface area contributed by atoms with Crippen molar-refractivity contribution in [2.45, 2.75) is 76.4 Å². The minimum atomic E-state index is -4.05. The van der Waals surface area contributed by atoms with Gasteiger partial charge in [0.15, 0.2) is 0 Å². The number of nitrogens with two attached hydrogens (primary N) is 1. The van der Waals surface area contributed by atoms with Crippen LogP contribution in [0.1, 0.15) is 64.2 Å². The number of rotatable bonds is 10. The van der Waals surface area contributed by atoms with Gasteiger partial charge in [0.25, 0.3) is 6.05 Å². The molecule has 0 aromatic carbocycles. The fourth-order valence-electron chi connectivity index (χ4n) is 1.75. The van der Waals surface area contributed by atoms with Crippen LogP contribution in [0.15, 0.2) is 0 Å². The molecule has 0 fully saturated rings. The van der Waals surface area contributed by atoms with Crippen LogP contribution in [0.4, 0.5) is 22.0 Å². The molecule has 0 aliphatic rings. The highest BCUT2D eigenvalue weighted by Crippen LogP contribution is 2.23. The maximum Gasteiger partial charge on any atom is 0.389 e. The Kier molecular flexibility index (Phi) is 8.48. The zero-order valence-electron chi connectivity index (χ0n) is 10.5. The number of unbranched alkanes of at least 4 members (excludes halogenated alkanes) is 7. The normalized spacial score (nSPS) is 13.0. The summed E-state index contributed by atoms with van der Waals surface area (Å²) in [6, 6.07) is -3.07. The minimum absolute atomic E-state index is 0.183. The first-order chi connectivity index (χ1) is 8.21. The van der Waals surface area contributed by atoms with Gasteiger partial charge in [-0.15, -0.1) is 0 Å². The van der Waals surface area contributed by atoms with E-state index < -0.39 is 18.6 Å². The molecule has 1 nitrogen and oxygen atoms in total. The molecule has 0 heterocycles. The largest absolute Gasteiger partial charge is 0.389 e. The molecule has 6 heteroatoms. The smallest absolute Gasteiger partial charge is 0.272 e. The average molecular weight is 275 g/mol. The summed E-state index contributed by atoms with van der Waals surface area (Å²) in [5.74, 6) is 0. The van der Waals surface area contributed by atoms with E-state index in [1.807, 2.05) is 0 Å². The van der Waals surface area contributed by atoms with Gasteiger partial charge in [0.05, 0.1) is 0 Å². The molecule has 0 bridgehead atoms. The summed E-state index contributed by atoms with van der Waals surface area (Å²) in [6.45, 7) is 0. The van der Waals surface area contributed by atoms with Gasteiger partial charge < -0.3 is 0 Å². The van der Waals surface area contributed by atoms with Gasteiger partial charge in [0, 0.05) is 12.8 Å². The van der Waals surface area contributed by atoms with Crippen LogP contribution in [0.25, 0.3) is 0 Å². The summed E-state index contributed by atoms with van der Waals surface area (Å²) in [6.07, 6.45) is 0.207. The number of alkyl halides is 5. The second-order valence-electron chi connectivity index (χ2n) is 4.70. The molecule has 0 spiro atoms. The molecule has 0 rings (SSSR count). The molecule has 0 saturated carbocycles. The SMILES string of the molecule is NC(F)(F)CCCCCCCCCCC(F)(F)F. The molecule has 18 heavy (non-hydrogen) atoms. The third-order valence-corrected chi connectivity index (χ3v) is 2.72. The number of hydrogen-bond donors (Lipinski definition) is 1. The second kappa shape index (κ2) is 8.67. The topological polar surface area (TPSA) is 26.0 Å². The lowest BCUT2D eigenvalue weighted by Crippen LogP contribution is -2.27. The highest BCUT2D eigenvalue weighted by atomic mass is 19.4. The van der Waals surface area contributed by atoms with Gasteiger partial charge in [-0.05, 0) is 12.8 Å². The van der Waals surface area contributed by atoms with Gasteiger partial charge >= 0.3 is 6.18 Å². The van der Waals surface area contributed by atoms with E-state index >= 15 is 0 Å². The Morgan fingerprint density at radius 1 is 0.556 bits per heavy atom. The molecule has 110 valence electrons. The van der Waals surface area contributed by atoms with Crippen LogP contribution < -0.4 is 5.73 Å². The van der Waals surface area contributed by atoms with E-state index in [0.717, 1.165) is 25.7 Å². The lowest BCUT2D eigenvalue weighted by molar-refractivity contribution is -0.135. The van der Waals surface area contributed by atoms with E-state index in [1.165, 1.54) is 0 Å². The quantitative estimate of drug-likeness (QED) is 0.339. The molecule has 0 atom stereocenters. The molecular weight excluding hydrogens is 253 g/mol. The third-order valence-electron chi connectivity index (χ3n) is 2.72. The Morgan fingerprint density at radius 3 is 1.22 bits per heavy atom. The van der Waals surface area contributed by atoms with E-state index in [1.54, 1.807) is 0 Å². The predicted molar refractivity (Wildman–Crippen MR) is 61.4 cm³/mol. The first-order valence-corrected chi connectivity index (χ1v) is 6.44. The summed E-state index contributed by atoms with van der Waals surface area (Å²) < 4.78 is 59.8. The molecule has 0 aliphatic heterocycles. The zero-order chi connectivity index (χ0) is 14.1. The van der Waals surface area contributed by atoms with Crippen molar-refractivity contribution in [3.63, 3.8) is 0 Å². The van der Waals surface area contributed by atoms with E-state index in [-0.39, 0.29) is 12.8 Å². The van der Waals surface area contributed by atoms with Gasteiger partial charge in [0.2, 0.25) is 0 Å². The van der Waals surface area contributed by atoms with Crippen molar-refractivity contribution in [1.29, 1.82) is 0 Å². The maximum absolute atomic E-state index is 12.2. The van der Waals surface area contributed by atoms with Crippen molar-refractivity contribution in [2.75, 3.05) is 0 Å². The van der Waals surface area contributed by atoms with Crippen molar-refractivity contribution >= 4 is 0 Å². The van der Waals surface area contributed by atoms with E-state index in [0.29, 0.717) is 19.3 Å². The van der Waals surface area contributed by atoms with Crippen LogP contribution in [0, 0.1) is 0 Å². The Bertz CT molecular complexity index is 176.